The summed E-state index contributed by atoms with van der Waals surface area (Å²) < 4.78 is 0. The van der Waals surface area contributed by atoms with Gasteiger partial charge in [0.15, 0.2) is 0 Å². The third kappa shape index (κ3) is 1.92. The Morgan fingerprint density at radius 3 is 2.73 bits per heavy atom. The first kappa shape index (κ1) is 14.9. The van der Waals surface area contributed by atoms with Gasteiger partial charge in [-0.25, -0.2) is 0 Å². The number of hydrogen-bond donors (Lipinski definition) is 2. The molecule has 3 aliphatic rings. The summed E-state index contributed by atoms with van der Waals surface area (Å²) in [5.74, 6) is -2.70. The number of allylic oxidation sites excluding steroid dienone is 1. The summed E-state index contributed by atoms with van der Waals surface area (Å²) in [6, 6.07) is 0. The van der Waals surface area contributed by atoms with E-state index in [0.29, 0.717) is 12.8 Å². The molecule has 4 amide bonds. The highest BCUT2D eigenvalue weighted by Crippen LogP contribution is 2.53. The van der Waals surface area contributed by atoms with Gasteiger partial charge in [-0.05, 0) is 18.8 Å². The highest BCUT2D eigenvalue weighted by Gasteiger charge is 2.68. The summed E-state index contributed by atoms with van der Waals surface area (Å²) in [4.78, 5) is 49.2. The molecule has 3 N–H and O–H groups in total. The SMILES string of the molecule is CCCC(=O)NC(=O)CN1C(=O)[C@H]2[C@@H]3C=C[C@@H](C3)[C@@]2(N)C1=O. The van der Waals surface area contributed by atoms with Crippen LogP contribution in [-0.2, 0) is 19.2 Å². The summed E-state index contributed by atoms with van der Waals surface area (Å²) in [6.07, 6.45) is 5.38. The molecule has 7 nitrogen and oxygen atoms in total. The van der Waals surface area contributed by atoms with E-state index in [9.17, 15) is 19.2 Å². The van der Waals surface area contributed by atoms with E-state index in [1.807, 2.05) is 19.1 Å². The number of nitrogens with zero attached hydrogens (tertiary/aromatic N) is 1. The predicted molar refractivity (Wildman–Crippen MR) is 75.9 cm³/mol. The molecule has 1 saturated heterocycles. The van der Waals surface area contributed by atoms with Gasteiger partial charge in [-0.2, -0.15) is 0 Å². The van der Waals surface area contributed by atoms with Gasteiger partial charge in [0.25, 0.3) is 5.91 Å². The van der Waals surface area contributed by atoms with Crippen LogP contribution in [0.5, 0.6) is 0 Å². The number of hydrogen-bond acceptors (Lipinski definition) is 5. The van der Waals surface area contributed by atoms with E-state index in [1.54, 1.807) is 0 Å². The van der Waals surface area contributed by atoms with Gasteiger partial charge < -0.3 is 5.73 Å². The van der Waals surface area contributed by atoms with E-state index in [-0.39, 0.29) is 18.3 Å². The summed E-state index contributed by atoms with van der Waals surface area (Å²) in [5, 5.41) is 2.18. The van der Waals surface area contributed by atoms with Crippen molar-refractivity contribution in [3.63, 3.8) is 0 Å². The molecule has 1 heterocycles. The van der Waals surface area contributed by atoms with Crippen LogP contribution >= 0.6 is 0 Å². The number of carbonyl (C=O) groups is 4. The zero-order chi connectivity index (χ0) is 16.1. The summed E-state index contributed by atoms with van der Waals surface area (Å²) in [5.41, 5.74) is 5.02. The van der Waals surface area contributed by atoms with Gasteiger partial charge in [-0.1, -0.05) is 19.1 Å². The molecule has 0 spiro atoms. The largest absolute Gasteiger partial charge is 0.316 e. The van der Waals surface area contributed by atoms with E-state index in [4.69, 9.17) is 5.73 Å². The number of likely N-dealkylation sites (tertiary alicyclic amines) is 1. The average molecular weight is 305 g/mol. The zero-order valence-corrected chi connectivity index (χ0v) is 12.4. The number of rotatable bonds is 4. The van der Waals surface area contributed by atoms with Crippen LogP contribution in [0.2, 0.25) is 0 Å². The Bertz CT molecular complexity index is 600. The van der Waals surface area contributed by atoms with Crippen molar-refractivity contribution in [2.24, 2.45) is 23.5 Å². The summed E-state index contributed by atoms with van der Waals surface area (Å²) >= 11 is 0. The average Bonchev–Trinajstić information content (AvgIpc) is 3.07. The fraction of sp³-hybridized carbons (Fsp3) is 0.600. The number of carbonyl (C=O) groups excluding carboxylic acids is 4. The topological polar surface area (TPSA) is 110 Å². The number of nitrogens with one attached hydrogen (secondary N) is 1. The second-order valence-electron chi connectivity index (χ2n) is 6.25. The minimum absolute atomic E-state index is 0.0266. The molecule has 1 saturated carbocycles. The molecule has 1 aliphatic heterocycles. The second-order valence-corrected chi connectivity index (χ2v) is 6.25. The molecule has 7 heteroatoms. The molecule has 22 heavy (non-hydrogen) atoms. The second kappa shape index (κ2) is 5.01. The minimum atomic E-state index is -1.22. The normalized spacial score (nSPS) is 35.2. The van der Waals surface area contributed by atoms with Crippen molar-refractivity contribution in [2.45, 2.75) is 31.7 Å². The minimum Gasteiger partial charge on any atom is -0.316 e. The van der Waals surface area contributed by atoms with Crippen LogP contribution in [0.25, 0.3) is 0 Å². The predicted octanol–water partition coefficient (Wildman–Crippen LogP) is -0.682. The Hall–Kier alpha value is -2.02. The van der Waals surface area contributed by atoms with Crippen LogP contribution in [0.1, 0.15) is 26.2 Å². The molecule has 0 aromatic heterocycles. The highest BCUT2D eigenvalue weighted by atomic mass is 16.2. The fourth-order valence-electron chi connectivity index (χ4n) is 3.87. The molecule has 0 aromatic rings. The van der Waals surface area contributed by atoms with E-state index in [0.717, 1.165) is 4.90 Å². The van der Waals surface area contributed by atoms with E-state index < -0.39 is 41.6 Å². The summed E-state index contributed by atoms with van der Waals surface area (Å²) in [6.45, 7) is 1.38. The number of nitrogens with two attached hydrogens (primary N) is 1. The molecule has 2 fully saturated rings. The maximum atomic E-state index is 12.5. The smallest absolute Gasteiger partial charge is 0.251 e. The van der Waals surface area contributed by atoms with E-state index in [2.05, 4.69) is 5.32 Å². The Kier molecular flexibility index (Phi) is 3.40. The van der Waals surface area contributed by atoms with Gasteiger partial charge >= 0.3 is 0 Å². The molecule has 0 unspecified atom stereocenters. The first-order valence-corrected chi connectivity index (χ1v) is 7.55. The quantitative estimate of drug-likeness (QED) is 0.528. The Morgan fingerprint density at radius 1 is 1.36 bits per heavy atom. The van der Waals surface area contributed by atoms with Crippen molar-refractivity contribution in [1.82, 2.24) is 10.2 Å². The van der Waals surface area contributed by atoms with Crippen LogP contribution in [0, 0.1) is 17.8 Å². The van der Waals surface area contributed by atoms with E-state index in [1.165, 1.54) is 0 Å². The maximum Gasteiger partial charge on any atom is 0.251 e. The van der Waals surface area contributed by atoms with Gasteiger partial charge in [0.05, 0.1) is 5.92 Å². The molecule has 4 atom stereocenters. The monoisotopic (exact) mass is 305 g/mol. The van der Waals surface area contributed by atoms with Crippen molar-refractivity contribution < 1.29 is 19.2 Å². The first-order valence-electron chi connectivity index (χ1n) is 7.55. The zero-order valence-electron chi connectivity index (χ0n) is 12.4. The van der Waals surface area contributed by atoms with Gasteiger partial charge in [-0.15, -0.1) is 0 Å². The molecular formula is C15H19N3O4. The van der Waals surface area contributed by atoms with Crippen molar-refractivity contribution in [3.8, 4) is 0 Å². The molecule has 0 aromatic carbocycles. The van der Waals surface area contributed by atoms with Gasteiger partial charge in [-0.3, -0.25) is 29.4 Å². The lowest BCUT2D eigenvalue weighted by Gasteiger charge is -2.28. The molecule has 2 bridgehead atoms. The van der Waals surface area contributed by atoms with Crippen LogP contribution in [0.4, 0.5) is 0 Å². The first-order chi connectivity index (χ1) is 10.4. The summed E-state index contributed by atoms with van der Waals surface area (Å²) in [7, 11) is 0. The van der Waals surface area contributed by atoms with Gasteiger partial charge in [0.2, 0.25) is 17.7 Å². The van der Waals surface area contributed by atoms with Gasteiger partial charge in [0, 0.05) is 12.3 Å². The number of imide groups is 2. The van der Waals surface area contributed by atoms with Crippen LogP contribution < -0.4 is 11.1 Å². The molecule has 0 radical (unpaired) electrons. The fourth-order valence-corrected chi connectivity index (χ4v) is 3.87. The molecule has 3 rings (SSSR count). The van der Waals surface area contributed by atoms with Crippen LogP contribution in [-0.4, -0.2) is 40.6 Å². The standard InChI is InChI=1S/C15H19N3O4/c1-2-3-10(19)17-11(20)7-18-13(21)12-8-4-5-9(6-8)15(12,16)14(18)22/h4-5,8-9,12H,2-3,6-7,16H2,1H3,(H,17,19,20)/t8-,9+,12-,15+/m1/s1. The molecular weight excluding hydrogens is 286 g/mol. The highest BCUT2D eigenvalue weighted by molar-refractivity contribution is 6.13. The Morgan fingerprint density at radius 2 is 2.09 bits per heavy atom. The van der Waals surface area contributed by atoms with Crippen molar-refractivity contribution in [2.75, 3.05) is 6.54 Å². The van der Waals surface area contributed by atoms with E-state index >= 15 is 0 Å². The van der Waals surface area contributed by atoms with Crippen molar-refractivity contribution in [1.29, 1.82) is 0 Å². The van der Waals surface area contributed by atoms with Gasteiger partial charge in [0.1, 0.15) is 12.1 Å². The number of fused-ring (bicyclic) bond motifs is 5. The third-order valence-electron chi connectivity index (χ3n) is 4.88. The lowest BCUT2D eigenvalue weighted by atomic mass is 9.78. The number of amides is 4. The maximum absolute atomic E-state index is 12.5. The van der Waals surface area contributed by atoms with Crippen LogP contribution in [0.3, 0.4) is 0 Å². The lowest BCUT2D eigenvalue weighted by molar-refractivity contribution is -0.145. The molecule has 118 valence electrons. The molecule has 2 aliphatic carbocycles. The van der Waals surface area contributed by atoms with Crippen LogP contribution in [0.15, 0.2) is 12.2 Å². The van der Waals surface area contributed by atoms with Crippen molar-refractivity contribution >= 4 is 23.6 Å². The Labute approximate surface area is 127 Å². The Balaban J connectivity index is 1.72. The third-order valence-corrected chi connectivity index (χ3v) is 4.88. The van der Waals surface area contributed by atoms with Crippen molar-refractivity contribution in [3.05, 3.63) is 12.2 Å². The lowest BCUT2D eigenvalue weighted by Crippen LogP contribution is -2.55.